The lowest BCUT2D eigenvalue weighted by Crippen LogP contribution is -2.41. The molecule has 34 heavy (non-hydrogen) atoms. The molecule has 0 unspecified atom stereocenters. The van der Waals surface area contributed by atoms with Crippen molar-refractivity contribution in [1.82, 2.24) is 10.9 Å². The fraction of sp³-hybridized carbons (Fsp3) is 0.462. The number of halogens is 2. The molecule has 2 amide bonds. The Kier molecular flexibility index (Phi) is 13.1. The van der Waals surface area contributed by atoms with E-state index in [1.807, 2.05) is 12.1 Å². The topological polar surface area (TPSA) is 76.7 Å². The number of benzene rings is 2. The highest BCUT2D eigenvalue weighted by atomic mass is 79.9. The number of hydrogen-bond donors (Lipinski definition) is 2. The minimum Gasteiger partial charge on any atom is -0.494 e. The Morgan fingerprint density at radius 1 is 0.676 bits per heavy atom. The molecular formula is C26H34Br2N2O4. The summed E-state index contributed by atoms with van der Waals surface area (Å²) >= 11 is 6.79. The molecule has 0 radical (unpaired) electrons. The first-order valence-electron chi connectivity index (χ1n) is 11.9. The summed E-state index contributed by atoms with van der Waals surface area (Å²) in [6.45, 7) is 5.53. The van der Waals surface area contributed by atoms with Crippen molar-refractivity contribution < 1.29 is 19.1 Å². The molecule has 2 aromatic rings. The van der Waals surface area contributed by atoms with Gasteiger partial charge in [-0.05, 0) is 81.1 Å². The van der Waals surface area contributed by atoms with E-state index in [0.717, 1.165) is 25.7 Å². The van der Waals surface area contributed by atoms with Gasteiger partial charge >= 0.3 is 0 Å². The molecule has 0 saturated carbocycles. The minimum atomic E-state index is -0.448. The summed E-state index contributed by atoms with van der Waals surface area (Å²) in [5.41, 5.74) is 5.69. The van der Waals surface area contributed by atoms with Crippen LogP contribution in [0.15, 0.2) is 45.3 Å². The molecule has 0 fully saturated rings. The summed E-state index contributed by atoms with van der Waals surface area (Å²) in [5.74, 6) is 0.331. The molecule has 0 saturated heterocycles. The lowest BCUT2D eigenvalue weighted by Gasteiger charge is -2.13. The van der Waals surface area contributed by atoms with Gasteiger partial charge in [0.05, 0.1) is 24.3 Å². The van der Waals surface area contributed by atoms with Gasteiger partial charge in [-0.15, -0.1) is 0 Å². The largest absolute Gasteiger partial charge is 0.494 e. The Morgan fingerprint density at radius 2 is 1.09 bits per heavy atom. The Morgan fingerprint density at radius 3 is 1.47 bits per heavy atom. The van der Waals surface area contributed by atoms with Gasteiger partial charge < -0.3 is 9.47 Å². The smallest absolute Gasteiger partial charge is 0.270 e. The number of hydrogen-bond acceptors (Lipinski definition) is 4. The zero-order valence-electron chi connectivity index (χ0n) is 19.9. The van der Waals surface area contributed by atoms with E-state index in [4.69, 9.17) is 9.47 Å². The van der Waals surface area contributed by atoms with E-state index in [2.05, 4.69) is 56.6 Å². The lowest BCUT2D eigenvalue weighted by molar-refractivity contribution is 0.0845. The second-order valence-corrected chi connectivity index (χ2v) is 9.72. The van der Waals surface area contributed by atoms with E-state index >= 15 is 0 Å². The van der Waals surface area contributed by atoms with Gasteiger partial charge in [0.1, 0.15) is 11.5 Å². The van der Waals surface area contributed by atoms with Crippen molar-refractivity contribution in [2.24, 2.45) is 0 Å². The molecule has 0 aliphatic heterocycles. The number of carbonyl (C=O) groups is 2. The molecule has 0 spiro atoms. The van der Waals surface area contributed by atoms with Crippen molar-refractivity contribution in [1.29, 1.82) is 0 Å². The van der Waals surface area contributed by atoms with E-state index in [-0.39, 0.29) is 0 Å². The molecule has 0 aromatic heterocycles. The van der Waals surface area contributed by atoms with Gasteiger partial charge in [0.25, 0.3) is 11.8 Å². The van der Waals surface area contributed by atoms with Crippen LogP contribution >= 0.6 is 31.9 Å². The third kappa shape index (κ3) is 9.66. The minimum absolute atomic E-state index is 0.370. The van der Waals surface area contributed by atoms with Crippen molar-refractivity contribution in [3.05, 3.63) is 56.5 Å². The highest BCUT2D eigenvalue weighted by Gasteiger charge is 2.16. The van der Waals surface area contributed by atoms with Gasteiger partial charge in [0.2, 0.25) is 0 Å². The first-order valence-corrected chi connectivity index (χ1v) is 13.5. The summed E-state index contributed by atoms with van der Waals surface area (Å²) in [6, 6.07) is 10.5. The van der Waals surface area contributed by atoms with Crippen molar-refractivity contribution in [3.63, 3.8) is 0 Å². The Balaban J connectivity index is 1.92. The monoisotopic (exact) mass is 596 g/mol. The third-order valence-electron chi connectivity index (χ3n) is 5.19. The zero-order chi connectivity index (χ0) is 24.8. The molecule has 0 atom stereocenters. The van der Waals surface area contributed by atoms with Gasteiger partial charge in [0, 0.05) is 8.95 Å². The van der Waals surface area contributed by atoms with Crippen LogP contribution in [0.25, 0.3) is 0 Å². The quantitative estimate of drug-likeness (QED) is 0.178. The molecule has 6 nitrogen and oxygen atoms in total. The molecule has 2 rings (SSSR count). The zero-order valence-corrected chi connectivity index (χ0v) is 23.1. The Bertz CT molecular complexity index is 862. The van der Waals surface area contributed by atoms with E-state index < -0.39 is 11.8 Å². The van der Waals surface area contributed by atoms with Crippen LogP contribution in [0.4, 0.5) is 0 Å². The highest BCUT2D eigenvalue weighted by Crippen LogP contribution is 2.24. The van der Waals surface area contributed by atoms with Crippen LogP contribution in [0, 0.1) is 0 Å². The first kappa shape index (κ1) is 28.2. The summed E-state index contributed by atoms with van der Waals surface area (Å²) in [5, 5.41) is 0. The molecule has 0 aliphatic rings. The van der Waals surface area contributed by atoms with Crippen LogP contribution in [-0.2, 0) is 0 Å². The summed E-state index contributed by atoms with van der Waals surface area (Å²) in [4.78, 5) is 25.4. The molecule has 0 heterocycles. The van der Waals surface area contributed by atoms with Crippen molar-refractivity contribution in [2.45, 2.75) is 65.2 Å². The van der Waals surface area contributed by atoms with Crippen LogP contribution in [0.2, 0.25) is 0 Å². The van der Waals surface area contributed by atoms with Crippen LogP contribution in [0.5, 0.6) is 11.5 Å². The standard InChI is InChI=1S/C26H34Br2N2O4/c1-3-5-7-9-15-33-19-11-13-23(27)21(17-19)25(31)29-30-26(32)22-18-20(12-14-24(22)28)34-16-10-8-6-4-2/h11-14,17-18H,3-10,15-16H2,1-2H3,(H,29,31)(H,30,32). The second-order valence-electron chi connectivity index (χ2n) is 8.01. The van der Waals surface area contributed by atoms with Crippen LogP contribution < -0.4 is 20.3 Å². The maximum atomic E-state index is 12.7. The number of rotatable bonds is 14. The average molecular weight is 598 g/mol. The van der Waals surface area contributed by atoms with Crippen molar-refractivity contribution in [2.75, 3.05) is 13.2 Å². The van der Waals surface area contributed by atoms with Gasteiger partial charge in [-0.2, -0.15) is 0 Å². The summed E-state index contributed by atoms with van der Waals surface area (Å²) in [6.07, 6.45) is 8.88. The SMILES string of the molecule is CCCCCCOc1ccc(Br)c(C(=O)NNC(=O)c2cc(OCCCCCC)ccc2Br)c1. The van der Waals surface area contributed by atoms with Crippen LogP contribution in [0.1, 0.15) is 85.9 Å². The molecule has 8 heteroatoms. The summed E-state index contributed by atoms with van der Waals surface area (Å²) < 4.78 is 12.8. The van der Waals surface area contributed by atoms with Gasteiger partial charge in [0.15, 0.2) is 0 Å². The number of hydrazine groups is 1. The number of nitrogens with one attached hydrogen (secondary N) is 2. The van der Waals surface area contributed by atoms with Crippen molar-refractivity contribution in [3.8, 4) is 11.5 Å². The lowest BCUT2D eigenvalue weighted by atomic mass is 10.2. The fourth-order valence-electron chi connectivity index (χ4n) is 3.22. The first-order chi connectivity index (χ1) is 16.5. The van der Waals surface area contributed by atoms with Crippen molar-refractivity contribution >= 4 is 43.7 Å². The summed E-state index contributed by atoms with van der Waals surface area (Å²) in [7, 11) is 0. The van der Waals surface area contributed by atoms with Crippen LogP contribution in [0.3, 0.4) is 0 Å². The molecule has 0 aliphatic carbocycles. The number of ether oxygens (including phenoxy) is 2. The van der Waals surface area contributed by atoms with E-state index in [0.29, 0.717) is 44.8 Å². The normalized spacial score (nSPS) is 10.6. The predicted octanol–water partition coefficient (Wildman–Crippen LogP) is 7.20. The second kappa shape index (κ2) is 15.8. The predicted molar refractivity (Wildman–Crippen MR) is 142 cm³/mol. The maximum absolute atomic E-state index is 12.7. The Labute approximate surface area is 219 Å². The number of carbonyl (C=O) groups excluding carboxylic acids is 2. The Hall–Kier alpha value is -2.06. The van der Waals surface area contributed by atoms with Crippen LogP contribution in [-0.4, -0.2) is 25.0 Å². The average Bonchev–Trinajstić information content (AvgIpc) is 2.84. The number of amides is 2. The fourth-order valence-corrected chi connectivity index (χ4v) is 4.08. The molecule has 2 N–H and O–H groups in total. The highest BCUT2D eigenvalue weighted by molar-refractivity contribution is 9.10. The molecular weight excluding hydrogens is 564 g/mol. The molecule has 186 valence electrons. The van der Waals surface area contributed by atoms with E-state index in [1.165, 1.54) is 25.7 Å². The third-order valence-corrected chi connectivity index (χ3v) is 6.57. The van der Waals surface area contributed by atoms with Gasteiger partial charge in [-0.1, -0.05) is 52.4 Å². The van der Waals surface area contributed by atoms with Gasteiger partial charge in [-0.25, -0.2) is 0 Å². The molecule has 2 aromatic carbocycles. The van der Waals surface area contributed by atoms with Gasteiger partial charge in [-0.3, -0.25) is 20.4 Å². The number of unbranched alkanes of at least 4 members (excludes halogenated alkanes) is 6. The maximum Gasteiger partial charge on any atom is 0.270 e. The van der Waals surface area contributed by atoms with E-state index in [1.54, 1.807) is 24.3 Å². The molecule has 0 bridgehead atoms. The van der Waals surface area contributed by atoms with E-state index in [9.17, 15) is 9.59 Å².